The summed E-state index contributed by atoms with van der Waals surface area (Å²) in [5.74, 6) is 0.0975. The Kier molecular flexibility index (Phi) is 4.78. The van der Waals surface area contributed by atoms with Gasteiger partial charge in [-0.3, -0.25) is 9.69 Å². The lowest BCUT2D eigenvalue weighted by Crippen LogP contribution is -2.48. The van der Waals surface area contributed by atoms with Gasteiger partial charge in [-0.1, -0.05) is 29.8 Å². The van der Waals surface area contributed by atoms with E-state index in [-0.39, 0.29) is 24.0 Å². The summed E-state index contributed by atoms with van der Waals surface area (Å²) in [6.07, 6.45) is 1.96. The van der Waals surface area contributed by atoms with Crippen LogP contribution in [-0.2, 0) is 4.79 Å². The summed E-state index contributed by atoms with van der Waals surface area (Å²) in [5, 5.41) is 2.77. The van der Waals surface area contributed by atoms with Crippen molar-refractivity contribution in [1.82, 2.24) is 10.2 Å². The van der Waals surface area contributed by atoms with E-state index in [1.54, 1.807) is 7.05 Å². The van der Waals surface area contributed by atoms with Gasteiger partial charge in [0.2, 0.25) is 5.91 Å². The number of aryl methyl sites for hydroxylation is 1. The van der Waals surface area contributed by atoms with Crippen LogP contribution >= 0.6 is 0 Å². The van der Waals surface area contributed by atoms with Gasteiger partial charge in [0, 0.05) is 13.1 Å². The van der Waals surface area contributed by atoms with Crippen molar-refractivity contribution in [3.05, 3.63) is 35.4 Å². The molecule has 3 atom stereocenters. The Balaban J connectivity index is 2.28. The maximum Gasteiger partial charge on any atom is 0.237 e. The number of carbonyl (C=O) groups is 1. The van der Waals surface area contributed by atoms with Gasteiger partial charge in [0.25, 0.3) is 0 Å². The van der Waals surface area contributed by atoms with E-state index >= 15 is 0 Å². The lowest BCUT2D eigenvalue weighted by molar-refractivity contribution is -0.125. The normalized spacial score (nSPS) is 22.5. The van der Waals surface area contributed by atoms with E-state index in [4.69, 9.17) is 5.73 Å². The van der Waals surface area contributed by atoms with Gasteiger partial charge in [0.1, 0.15) is 0 Å². The van der Waals surface area contributed by atoms with Crippen LogP contribution in [-0.4, -0.2) is 36.5 Å². The summed E-state index contributed by atoms with van der Waals surface area (Å²) in [6.45, 7) is 5.02. The molecule has 110 valence electrons. The third-order valence-corrected chi connectivity index (χ3v) is 4.12. The number of hydrogen-bond donors (Lipinski definition) is 2. The van der Waals surface area contributed by atoms with Gasteiger partial charge >= 0.3 is 0 Å². The molecule has 3 unspecified atom stereocenters. The van der Waals surface area contributed by atoms with Gasteiger partial charge in [0.15, 0.2) is 0 Å². The van der Waals surface area contributed by atoms with Crippen molar-refractivity contribution in [3.8, 4) is 0 Å². The standard InChI is InChI=1S/C16H25N3O/c1-11-6-8-13(9-7-11)15(12(2)17)19-10-4-5-14(19)16(20)18-3/h6-9,12,14-15H,4-5,10,17H2,1-3H3,(H,18,20). The molecule has 1 aromatic carbocycles. The number of likely N-dealkylation sites (N-methyl/N-ethyl adjacent to an activating group) is 1. The van der Waals surface area contributed by atoms with E-state index in [1.165, 1.54) is 11.1 Å². The highest BCUT2D eigenvalue weighted by atomic mass is 16.2. The van der Waals surface area contributed by atoms with Crippen LogP contribution in [0, 0.1) is 6.92 Å². The molecule has 1 amide bonds. The Morgan fingerprint density at radius 2 is 2.05 bits per heavy atom. The van der Waals surface area contributed by atoms with Crippen LogP contribution in [0.1, 0.15) is 36.9 Å². The summed E-state index contributed by atoms with van der Waals surface area (Å²) < 4.78 is 0. The minimum Gasteiger partial charge on any atom is -0.358 e. The monoisotopic (exact) mass is 275 g/mol. The number of hydrogen-bond acceptors (Lipinski definition) is 3. The number of carbonyl (C=O) groups excluding carboxylic acids is 1. The van der Waals surface area contributed by atoms with E-state index in [1.807, 2.05) is 6.92 Å². The van der Waals surface area contributed by atoms with E-state index in [0.717, 1.165) is 19.4 Å². The maximum atomic E-state index is 12.0. The second kappa shape index (κ2) is 6.37. The molecule has 0 radical (unpaired) electrons. The van der Waals surface area contributed by atoms with Gasteiger partial charge in [-0.2, -0.15) is 0 Å². The largest absolute Gasteiger partial charge is 0.358 e. The molecule has 0 saturated carbocycles. The Morgan fingerprint density at radius 3 is 2.60 bits per heavy atom. The van der Waals surface area contributed by atoms with Crippen LogP contribution in [0.5, 0.6) is 0 Å². The number of benzene rings is 1. The summed E-state index contributed by atoms with van der Waals surface area (Å²) in [4.78, 5) is 14.3. The summed E-state index contributed by atoms with van der Waals surface area (Å²) in [6, 6.07) is 8.50. The van der Waals surface area contributed by atoms with Crippen molar-refractivity contribution >= 4 is 5.91 Å². The molecule has 1 heterocycles. The molecule has 2 rings (SSSR count). The molecular weight excluding hydrogens is 250 g/mol. The van der Waals surface area contributed by atoms with Crippen molar-refractivity contribution in [1.29, 1.82) is 0 Å². The van der Waals surface area contributed by atoms with Gasteiger partial charge in [-0.25, -0.2) is 0 Å². The summed E-state index contributed by atoms with van der Waals surface area (Å²) in [7, 11) is 1.70. The molecule has 0 bridgehead atoms. The molecule has 20 heavy (non-hydrogen) atoms. The molecule has 1 saturated heterocycles. The average molecular weight is 275 g/mol. The Bertz CT molecular complexity index is 455. The highest BCUT2D eigenvalue weighted by molar-refractivity contribution is 5.81. The van der Waals surface area contributed by atoms with Crippen LogP contribution < -0.4 is 11.1 Å². The number of amides is 1. The van der Waals surface area contributed by atoms with Gasteiger partial charge in [0.05, 0.1) is 12.1 Å². The van der Waals surface area contributed by atoms with E-state index < -0.39 is 0 Å². The van der Waals surface area contributed by atoms with Crippen molar-refractivity contribution in [2.24, 2.45) is 5.73 Å². The minimum atomic E-state index is -0.0581. The molecule has 4 nitrogen and oxygen atoms in total. The fraction of sp³-hybridized carbons (Fsp3) is 0.562. The smallest absolute Gasteiger partial charge is 0.237 e. The first-order chi connectivity index (χ1) is 9.54. The third kappa shape index (κ3) is 3.02. The lowest BCUT2D eigenvalue weighted by Gasteiger charge is -2.35. The second-order valence-corrected chi connectivity index (χ2v) is 5.72. The first kappa shape index (κ1) is 15.0. The highest BCUT2D eigenvalue weighted by Gasteiger charge is 2.36. The molecular formula is C16H25N3O. The van der Waals surface area contributed by atoms with Gasteiger partial charge in [-0.15, -0.1) is 0 Å². The molecule has 1 fully saturated rings. The number of likely N-dealkylation sites (tertiary alicyclic amines) is 1. The number of nitrogens with zero attached hydrogens (tertiary/aromatic N) is 1. The predicted octanol–water partition coefficient (Wildman–Crippen LogP) is 1.59. The average Bonchev–Trinajstić information content (AvgIpc) is 2.89. The van der Waals surface area contributed by atoms with E-state index in [2.05, 4.69) is 41.4 Å². The minimum absolute atomic E-state index is 0.0111. The molecule has 0 spiro atoms. The fourth-order valence-corrected chi connectivity index (χ4v) is 3.13. The van der Waals surface area contributed by atoms with Crippen molar-refractivity contribution < 1.29 is 4.79 Å². The molecule has 0 aromatic heterocycles. The van der Waals surface area contributed by atoms with Crippen LogP contribution in [0.2, 0.25) is 0 Å². The number of rotatable bonds is 4. The van der Waals surface area contributed by atoms with Gasteiger partial charge in [-0.05, 0) is 38.8 Å². The maximum absolute atomic E-state index is 12.0. The quantitative estimate of drug-likeness (QED) is 0.877. The molecule has 1 aliphatic rings. The summed E-state index contributed by atoms with van der Waals surface area (Å²) >= 11 is 0. The van der Waals surface area contributed by atoms with E-state index in [0.29, 0.717) is 0 Å². The van der Waals surface area contributed by atoms with Crippen LogP contribution in [0.25, 0.3) is 0 Å². The lowest BCUT2D eigenvalue weighted by atomic mass is 9.97. The Labute approximate surface area is 121 Å². The van der Waals surface area contributed by atoms with Crippen LogP contribution in [0.3, 0.4) is 0 Å². The van der Waals surface area contributed by atoms with Crippen molar-refractivity contribution in [2.75, 3.05) is 13.6 Å². The third-order valence-electron chi connectivity index (χ3n) is 4.12. The second-order valence-electron chi connectivity index (χ2n) is 5.72. The van der Waals surface area contributed by atoms with Crippen LogP contribution in [0.15, 0.2) is 24.3 Å². The first-order valence-electron chi connectivity index (χ1n) is 7.34. The first-order valence-corrected chi connectivity index (χ1v) is 7.34. The zero-order chi connectivity index (χ0) is 14.7. The highest BCUT2D eigenvalue weighted by Crippen LogP contribution is 2.31. The Morgan fingerprint density at radius 1 is 1.40 bits per heavy atom. The predicted molar refractivity (Wildman–Crippen MR) is 81.4 cm³/mol. The SMILES string of the molecule is CNC(=O)C1CCCN1C(c1ccc(C)cc1)C(C)N. The molecule has 3 N–H and O–H groups in total. The number of nitrogens with two attached hydrogens (primary N) is 1. The Hall–Kier alpha value is -1.39. The van der Waals surface area contributed by atoms with Crippen molar-refractivity contribution in [3.63, 3.8) is 0 Å². The number of nitrogens with one attached hydrogen (secondary N) is 1. The molecule has 1 aromatic rings. The fourth-order valence-electron chi connectivity index (χ4n) is 3.13. The zero-order valence-electron chi connectivity index (χ0n) is 12.6. The molecule has 1 aliphatic heterocycles. The van der Waals surface area contributed by atoms with Crippen molar-refractivity contribution in [2.45, 2.75) is 44.8 Å². The molecule has 4 heteroatoms. The summed E-state index contributed by atoms with van der Waals surface area (Å²) in [5.41, 5.74) is 8.65. The topological polar surface area (TPSA) is 58.4 Å². The zero-order valence-corrected chi connectivity index (χ0v) is 12.6. The van der Waals surface area contributed by atoms with Gasteiger partial charge < -0.3 is 11.1 Å². The molecule has 0 aliphatic carbocycles. The van der Waals surface area contributed by atoms with E-state index in [9.17, 15) is 4.79 Å². The van der Waals surface area contributed by atoms with Crippen LogP contribution in [0.4, 0.5) is 0 Å².